The van der Waals surface area contributed by atoms with Gasteiger partial charge in [-0.3, -0.25) is 0 Å². The molecule has 6 rings (SSSR count). The van der Waals surface area contributed by atoms with Crippen LogP contribution in [-0.2, 0) is 0 Å². The largest absolute Gasteiger partial charge is 0.244 e. The number of halogens is 2. The van der Waals surface area contributed by atoms with Crippen molar-refractivity contribution in [3.05, 3.63) is 0 Å². The van der Waals surface area contributed by atoms with Crippen molar-refractivity contribution in [2.24, 2.45) is 27.6 Å². The highest BCUT2D eigenvalue weighted by Gasteiger charge is 2.61. The van der Waals surface area contributed by atoms with Crippen LogP contribution in [0.5, 0.6) is 0 Å². The summed E-state index contributed by atoms with van der Waals surface area (Å²) in [6.45, 7) is 4.82. The van der Waals surface area contributed by atoms with E-state index in [1.54, 1.807) is 0 Å². The van der Waals surface area contributed by atoms with Gasteiger partial charge in [0, 0.05) is 5.41 Å². The van der Waals surface area contributed by atoms with E-state index in [-0.39, 0.29) is 0 Å². The summed E-state index contributed by atoms with van der Waals surface area (Å²) in [6, 6.07) is 0. The van der Waals surface area contributed by atoms with Gasteiger partial charge in [0.25, 0.3) is 0 Å². The molecular weight excluding hydrogens is 278 g/mol. The molecule has 1 unspecified atom stereocenters. The van der Waals surface area contributed by atoms with Gasteiger partial charge < -0.3 is 0 Å². The topological polar surface area (TPSA) is 0 Å². The summed E-state index contributed by atoms with van der Waals surface area (Å²) in [6.07, 6.45) is 12.1. The molecule has 6 saturated carbocycles. The van der Waals surface area contributed by atoms with Crippen LogP contribution in [0.15, 0.2) is 0 Å². The van der Waals surface area contributed by atoms with E-state index < -0.39 is 11.8 Å². The number of alkyl halides is 2. The van der Waals surface area contributed by atoms with Gasteiger partial charge in [-0.1, -0.05) is 20.3 Å². The van der Waals surface area contributed by atoms with Crippen molar-refractivity contribution in [2.45, 2.75) is 97.3 Å². The molecule has 22 heavy (non-hydrogen) atoms. The molecule has 0 radical (unpaired) electrons. The average Bonchev–Trinajstić information content (AvgIpc) is 3.04. The molecule has 0 aromatic carbocycles. The van der Waals surface area contributed by atoms with Crippen LogP contribution in [0.2, 0.25) is 0 Å². The zero-order valence-electron chi connectivity index (χ0n) is 14.4. The van der Waals surface area contributed by atoms with E-state index in [1.165, 1.54) is 38.5 Å². The number of rotatable bonds is 5. The maximum atomic E-state index is 13.4. The lowest BCUT2D eigenvalue weighted by molar-refractivity contribution is -0.129. The first-order valence-electron chi connectivity index (χ1n) is 9.66. The van der Waals surface area contributed by atoms with Gasteiger partial charge >= 0.3 is 0 Å². The third-order valence-electron chi connectivity index (χ3n) is 9.05. The Morgan fingerprint density at radius 2 is 1.27 bits per heavy atom. The van der Waals surface area contributed by atoms with Crippen molar-refractivity contribution in [2.75, 3.05) is 0 Å². The van der Waals surface area contributed by atoms with Gasteiger partial charge in [-0.15, -0.1) is 0 Å². The Kier molecular flexibility index (Phi) is 3.28. The number of hydrogen-bond donors (Lipinski definition) is 0. The number of fused-ring (bicyclic) bond motifs is 4. The van der Waals surface area contributed by atoms with Gasteiger partial charge in [0.2, 0.25) is 6.43 Å². The molecule has 126 valence electrons. The smallest absolute Gasteiger partial charge is 0.210 e. The fourth-order valence-corrected chi connectivity index (χ4v) is 7.27. The second-order valence-corrected chi connectivity index (χ2v) is 9.84. The first-order valence-corrected chi connectivity index (χ1v) is 9.66. The van der Waals surface area contributed by atoms with Crippen molar-refractivity contribution < 1.29 is 8.78 Å². The molecule has 0 N–H and O–H groups in total. The van der Waals surface area contributed by atoms with Crippen LogP contribution in [0.1, 0.15) is 90.9 Å². The van der Waals surface area contributed by atoms with E-state index in [2.05, 4.69) is 13.8 Å². The zero-order valence-corrected chi connectivity index (χ0v) is 14.4. The van der Waals surface area contributed by atoms with Crippen molar-refractivity contribution in [1.82, 2.24) is 0 Å². The Bertz CT molecular complexity index is 422. The summed E-state index contributed by atoms with van der Waals surface area (Å²) in [5.41, 5.74) is 1.18. The lowest BCUT2D eigenvalue weighted by atomic mass is 9.47. The third kappa shape index (κ3) is 1.97. The van der Waals surface area contributed by atoms with Gasteiger partial charge in [-0.05, 0) is 92.8 Å². The summed E-state index contributed by atoms with van der Waals surface area (Å²) < 4.78 is 26.8. The molecule has 0 amide bonds. The summed E-state index contributed by atoms with van der Waals surface area (Å²) in [5.74, 6) is 0.747. The molecule has 0 aromatic heterocycles. The van der Waals surface area contributed by atoms with Crippen LogP contribution < -0.4 is 0 Å². The molecule has 0 spiro atoms. The predicted molar refractivity (Wildman–Crippen MR) is 86.0 cm³/mol. The molecule has 6 aliphatic rings. The predicted octanol–water partition coefficient (Wildman–Crippen LogP) is 6.59. The second-order valence-electron chi connectivity index (χ2n) is 9.84. The molecule has 4 bridgehead atoms. The highest BCUT2D eigenvalue weighted by atomic mass is 19.3. The van der Waals surface area contributed by atoms with Gasteiger partial charge in [0.15, 0.2) is 0 Å². The quantitative estimate of drug-likeness (QED) is 0.537. The highest BCUT2D eigenvalue weighted by Crippen LogP contribution is 2.72. The van der Waals surface area contributed by atoms with E-state index >= 15 is 0 Å². The number of hydrogen-bond acceptors (Lipinski definition) is 0. The Morgan fingerprint density at radius 3 is 1.73 bits per heavy atom. The minimum atomic E-state index is -2.09. The summed E-state index contributed by atoms with van der Waals surface area (Å²) >= 11 is 0. The van der Waals surface area contributed by atoms with E-state index in [4.69, 9.17) is 0 Å². The minimum Gasteiger partial charge on any atom is -0.210 e. The lowest BCUT2D eigenvalue weighted by Crippen LogP contribution is -2.49. The summed E-state index contributed by atoms with van der Waals surface area (Å²) in [4.78, 5) is 0. The van der Waals surface area contributed by atoms with Gasteiger partial charge in [0.05, 0.1) is 0 Å². The van der Waals surface area contributed by atoms with Crippen LogP contribution in [0.25, 0.3) is 0 Å². The lowest BCUT2D eigenvalue weighted by Gasteiger charge is -2.58. The standard InChI is InChI=1S/C20H32F2/c1-3-17-4-5-18(13-17,14-17)12-15(2)19-6-9-20(10-7-19,11-8-19)16(21)22/h15-16H,3-14H2,1-2H3. The zero-order chi connectivity index (χ0) is 15.6. The Labute approximate surface area is 134 Å². The van der Waals surface area contributed by atoms with E-state index in [9.17, 15) is 8.78 Å². The van der Waals surface area contributed by atoms with E-state index in [0.29, 0.717) is 16.2 Å². The Balaban J connectivity index is 1.42. The molecular formula is C20H32F2. The van der Waals surface area contributed by atoms with Crippen molar-refractivity contribution in [3.8, 4) is 0 Å². The monoisotopic (exact) mass is 310 g/mol. The third-order valence-corrected chi connectivity index (χ3v) is 9.05. The van der Waals surface area contributed by atoms with Crippen LogP contribution in [-0.4, -0.2) is 6.43 Å². The van der Waals surface area contributed by atoms with Crippen LogP contribution in [0.4, 0.5) is 8.78 Å². The van der Waals surface area contributed by atoms with Crippen molar-refractivity contribution in [1.29, 1.82) is 0 Å². The molecule has 2 heteroatoms. The maximum Gasteiger partial charge on any atom is 0.244 e. The molecule has 0 saturated heterocycles. The summed E-state index contributed by atoms with van der Waals surface area (Å²) in [5, 5.41) is 0. The second kappa shape index (κ2) is 4.70. The molecule has 6 aliphatic carbocycles. The molecule has 0 aromatic rings. The van der Waals surface area contributed by atoms with E-state index in [1.807, 2.05) is 0 Å². The summed E-state index contributed by atoms with van der Waals surface area (Å²) in [7, 11) is 0. The Hall–Kier alpha value is -0.140. The van der Waals surface area contributed by atoms with Crippen molar-refractivity contribution >= 4 is 0 Å². The first-order chi connectivity index (χ1) is 10.4. The minimum absolute atomic E-state index is 0.415. The molecule has 1 atom stereocenters. The maximum absolute atomic E-state index is 13.4. The van der Waals surface area contributed by atoms with Gasteiger partial charge in [-0.25, -0.2) is 8.78 Å². The van der Waals surface area contributed by atoms with Crippen LogP contribution >= 0.6 is 0 Å². The average molecular weight is 310 g/mol. The molecule has 0 aliphatic heterocycles. The van der Waals surface area contributed by atoms with Gasteiger partial charge in [-0.2, -0.15) is 0 Å². The highest BCUT2D eigenvalue weighted by molar-refractivity contribution is 5.11. The molecule has 0 nitrogen and oxygen atoms in total. The SMILES string of the molecule is CCC12CCC(CC(C)C34CCC(C(F)F)(CC3)CC4)(C1)C2. The molecule has 0 heterocycles. The first kappa shape index (κ1) is 15.4. The van der Waals surface area contributed by atoms with Crippen molar-refractivity contribution in [3.63, 3.8) is 0 Å². The van der Waals surface area contributed by atoms with Gasteiger partial charge in [0.1, 0.15) is 0 Å². The fourth-order valence-electron chi connectivity index (χ4n) is 7.27. The fraction of sp³-hybridized carbons (Fsp3) is 1.00. The molecule has 6 fully saturated rings. The Morgan fingerprint density at radius 1 is 0.773 bits per heavy atom. The van der Waals surface area contributed by atoms with Crippen LogP contribution in [0.3, 0.4) is 0 Å². The van der Waals surface area contributed by atoms with E-state index in [0.717, 1.165) is 44.4 Å². The normalized spacial score (nSPS) is 51.1. The van der Waals surface area contributed by atoms with Crippen LogP contribution in [0, 0.1) is 27.6 Å².